The third kappa shape index (κ3) is 4.09. The minimum absolute atomic E-state index is 0.671. The van der Waals surface area contributed by atoms with Crippen molar-refractivity contribution in [3.63, 3.8) is 0 Å². The Kier molecular flexibility index (Phi) is 6.27. The van der Waals surface area contributed by atoms with Gasteiger partial charge in [0.2, 0.25) is 0 Å². The normalized spacial score (nSPS) is 10.7. The maximum Gasteiger partial charge on any atom is 0.140 e. The van der Waals surface area contributed by atoms with Gasteiger partial charge >= 0.3 is 0 Å². The highest BCUT2D eigenvalue weighted by Gasteiger charge is 2.13. The molecule has 1 heterocycles. The summed E-state index contributed by atoms with van der Waals surface area (Å²) in [6.45, 7) is 6.33. The minimum Gasteiger partial charge on any atom is -0.221 e. The molecular formula is C16H19ClN2S2. The fourth-order valence-electron chi connectivity index (χ4n) is 1.94. The van der Waals surface area contributed by atoms with Gasteiger partial charge in [-0.1, -0.05) is 43.6 Å². The fourth-order valence-corrected chi connectivity index (χ4v) is 4.28. The average Bonchev–Trinajstić information content (AvgIpc) is 2.77. The zero-order valence-corrected chi connectivity index (χ0v) is 14.9. The summed E-state index contributed by atoms with van der Waals surface area (Å²) in [5.74, 6) is 2.12. The number of halogens is 1. The average molecular weight is 339 g/mol. The van der Waals surface area contributed by atoms with Crippen molar-refractivity contribution in [2.45, 2.75) is 20.8 Å². The summed E-state index contributed by atoms with van der Waals surface area (Å²) < 4.78 is 3.09. The topological polar surface area (TPSA) is 17.8 Å². The van der Waals surface area contributed by atoms with Gasteiger partial charge in [0, 0.05) is 9.80 Å². The van der Waals surface area contributed by atoms with Crippen LogP contribution in [-0.4, -0.2) is 21.3 Å². The van der Waals surface area contributed by atoms with Crippen molar-refractivity contribution in [1.29, 1.82) is 0 Å². The number of aryl methyl sites for hydroxylation is 1. The molecule has 2 rings (SSSR count). The summed E-state index contributed by atoms with van der Waals surface area (Å²) in [5, 5.41) is 5.25. The van der Waals surface area contributed by atoms with Crippen molar-refractivity contribution in [3.8, 4) is 5.69 Å². The Bertz CT molecular complexity index is 613. The molecule has 0 bridgehead atoms. The third-order valence-corrected chi connectivity index (χ3v) is 5.34. The van der Waals surface area contributed by atoms with Crippen LogP contribution in [0.15, 0.2) is 34.6 Å². The molecule has 0 aliphatic carbocycles. The van der Waals surface area contributed by atoms with Gasteiger partial charge in [-0.3, -0.25) is 0 Å². The van der Waals surface area contributed by atoms with Crippen molar-refractivity contribution in [3.05, 3.63) is 51.0 Å². The monoisotopic (exact) mass is 338 g/mol. The first-order valence-corrected chi connectivity index (χ1v) is 9.30. The number of nitrogens with zero attached hydrogens (tertiary/aromatic N) is 2. The van der Waals surface area contributed by atoms with E-state index in [4.69, 9.17) is 11.6 Å². The van der Waals surface area contributed by atoms with Crippen molar-refractivity contribution >= 4 is 41.2 Å². The number of rotatable bonds is 6. The van der Waals surface area contributed by atoms with Crippen LogP contribution in [0.3, 0.4) is 0 Å². The Morgan fingerprint density at radius 1 is 1.19 bits per heavy atom. The largest absolute Gasteiger partial charge is 0.221 e. The number of hydrogen-bond donors (Lipinski definition) is 0. The van der Waals surface area contributed by atoms with E-state index < -0.39 is 0 Å². The highest BCUT2D eigenvalue weighted by molar-refractivity contribution is 8.22. The predicted molar refractivity (Wildman–Crippen MR) is 97.6 cm³/mol. The number of hydrogen-bond acceptors (Lipinski definition) is 3. The highest BCUT2D eigenvalue weighted by Crippen LogP contribution is 2.33. The van der Waals surface area contributed by atoms with Crippen LogP contribution < -0.4 is 0 Å². The van der Waals surface area contributed by atoms with E-state index in [1.165, 1.54) is 4.24 Å². The number of para-hydroxylation sites is 1. The van der Waals surface area contributed by atoms with Gasteiger partial charge in [0.1, 0.15) is 5.15 Å². The lowest BCUT2D eigenvalue weighted by molar-refractivity contribution is 0.863. The third-order valence-electron chi connectivity index (χ3n) is 2.88. The Labute approximate surface area is 140 Å². The van der Waals surface area contributed by atoms with E-state index in [9.17, 15) is 0 Å². The van der Waals surface area contributed by atoms with Gasteiger partial charge < -0.3 is 0 Å². The number of aromatic nitrogens is 2. The van der Waals surface area contributed by atoms with Crippen LogP contribution >= 0.6 is 35.1 Å². The predicted octanol–water partition coefficient (Wildman–Crippen LogP) is 5.64. The standard InChI is InChI=1S/C16H19ClN2S2/c1-4-20-15(21-5-2)11-14-12(3)18-19(16(14)17)13-9-7-6-8-10-13/h6-11H,4-5H2,1-3H3. The maximum absolute atomic E-state index is 6.55. The van der Waals surface area contributed by atoms with E-state index in [0.29, 0.717) is 5.15 Å². The number of benzene rings is 1. The van der Waals surface area contributed by atoms with E-state index >= 15 is 0 Å². The molecule has 1 aromatic carbocycles. The van der Waals surface area contributed by atoms with E-state index in [-0.39, 0.29) is 0 Å². The SMILES string of the molecule is CCSC(=Cc1c(C)nn(-c2ccccc2)c1Cl)SCC. The van der Waals surface area contributed by atoms with Gasteiger partial charge in [0.05, 0.1) is 11.4 Å². The Balaban J connectivity index is 2.42. The Morgan fingerprint density at radius 3 is 2.38 bits per heavy atom. The molecule has 0 atom stereocenters. The molecule has 0 N–H and O–H groups in total. The van der Waals surface area contributed by atoms with Crippen LogP contribution in [0.4, 0.5) is 0 Å². The summed E-state index contributed by atoms with van der Waals surface area (Å²) in [6, 6.07) is 9.98. The first-order valence-electron chi connectivity index (χ1n) is 6.95. The zero-order valence-electron chi connectivity index (χ0n) is 12.5. The van der Waals surface area contributed by atoms with Crippen molar-refractivity contribution in [1.82, 2.24) is 9.78 Å². The molecule has 0 saturated heterocycles. The molecule has 2 nitrogen and oxygen atoms in total. The van der Waals surface area contributed by atoms with Gasteiger partial charge in [0.15, 0.2) is 0 Å². The first kappa shape index (κ1) is 16.5. The lowest BCUT2D eigenvalue weighted by Crippen LogP contribution is -1.95. The molecule has 0 fully saturated rings. The summed E-state index contributed by atoms with van der Waals surface area (Å²) >= 11 is 10.2. The van der Waals surface area contributed by atoms with Crippen molar-refractivity contribution in [2.75, 3.05) is 11.5 Å². The van der Waals surface area contributed by atoms with Crippen LogP contribution in [0.2, 0.25) is 5.15 Å². The minimum atomic E-state index is 0.671. The summed E-state index contributed by atoms with van der Waals surface area (Å²) in [7, 11) is 0. The molecule has 0 aliphatic heterocycles. The lowest BCUT2D eigenvalue weighted by atomic mass is 10.2. The molecule has 5 heteroatoms. The summed E-state index contributed by atoms with van der Waals surface area (Å²) in [5.41, 5.74) is 2.95. The smallest absolute Gasteiger partial charge is 0.140 e. The zero-order chi connectivity index (χ0) is 15.2. The second kappa shape index (κ2) is 7.97. The molecule has 2 aromatic rings. The van der Waals surface area contributed by atoms with E-state index in [2.05, 4.69) is 25.0 Å². The maximum atomic E-state index is 6.55. The first-order chi connectivity index (χ1) is 10.2. The van der Waals surface area contributed by atoms with Crippen LogP contribution in [0, 0.1) is 6.92 Å². The van der Waals surface area contributed by atoms with Crippen LogP contribution in [0.25, 0.3) is 11.8 Å². The van der Waals surface area contributed by atoms with Crippen molar-refractivity contribution in [2.24, 2.45) is 0 Å². The van der Waals surface area contributed by atoms with Crippen LogP contribution in [0.5, 0.6) is 0 Å². The van der Waals surface area contributed by atoms with Crippen molar-refractivity contribution < 1.29 is 0 Å². The van der Waals surface area contributed by atoms with Crippen LogP contribution in [0.1, 0.15) is 25.1 Å². The lowest BCUT2D eigenvalue weighted by Gasteiger charge is -2.04. The number of thioether (sulfide) groups is 2. The molecule has 21 heavy (non-hydrogen) atoms. The quantitative estimate of drug-likeness (QED) is 0.678. The van der Waals surface area contributed by atoms with Gasteiger partial charge in [0.25, 0.3) is 0 Å². The molecule has 0 radical (unpaired) electrons. The second-order valence-electron chi connectivity index (χ2n) is 4.37. The van der Waals surface area contributed by atoms with Gasteiger partial charge in [-0.05, 0) is 36.6 Å². The molecule has 0 amide bonds. The fraction of sp³-hybridized carbons (Fsp3) is 0.312. The van der Waals surface area contributed by atoms with Gasteiger partial charge in [-0.15, -0.1) is 23.5 Å². The Morgan fingerprint density at radius 2 is 1.81 bits per heavy atom. The molecule has 0 spiro atoms. The van der Waals surface area contributed by atoms with Crippen LogP contribution in [-0.2, 0) is 0 Å². The molecule has 1 aromatic heterocycles. The molecule has 0 saturated carbocycles. The van der Waals surface area contributed by atoms with Gasteiger partial charge in [-0.25, -0.2) is 4.68 Å². The van der Waals surface area contributed by atoms with E-state index in [1.807, 2.05) is 60.8 Å². The molecule has 0 unspecified atom stereocenters. The molecular weight excluding hydrogens is 320 g/mol. The van der Waals surface area contributed by atoms with Gasteiger partial charge in [-0.2, -0.15) is 5.10 Å². The Hall–Kier alpha value is -0.840. The molecule has 112 valence electrons. The molecule has 0 aliphatic rings. The van der Waals surface area contributed by atoms with E-state index in [1.54, 1.807) is 4.68 Å². The summed E-state index contributed by atoms with van der Waals surface area (Å²) in [4.78, 5) is 0. The second-order valence-corrected chi connectivity index (χ2v) is 7.59. The van der Waals surface area contributed by atoms with E-state index in [0.717, 1.165) is 28.5 Å². The summed E-state index contributed by atoms with van der Waals surface area (Å²) in [6.07, 6.45) is 2.16. The highest BCUT2D eigenvalue weighted by atomic mass is 35.5.